The number of pyridine rings is 1. The Hall–Kier alpha value is -0.640. The van der Waals surface area contributed by atoms with Crippen molar-refractivity contribution in [2.24, 2.45) is 5.41 Å². The normalized spacial score (nSPS) is 23.5. The number of likely N-dealkylation sites (tertiary alicyclic amines) is 1. The summed E-state index contributed by atoms with van der Waals surface area (Å²) in [6.45, 7) is 5.85. The molecule has 3 nitrogen and oxygen atoms in total. The third-order valence-corrected chi connectivity index (χ3v) is 3.54. The van der Waals surface area contributed by atoms with Gasteiger partial charge in [0.15, 0.2) is 0 Å². The van der Waals surface area contributed by atoms with Gasteiger partial charge in [-0.3, -0.25) is 4.90 Å². The first-order valence-electron chi connectivity index (χ1n) is 5.29. The van der Waals surface area contributed by atoms with E-state index in [4.69, 9.17) is 11.6 Å². The highest BCUT2D eigenvalue weighted by Gasteiger charge is 2.46. The maximum absolute atomic E-state index is 5.74. The smallest absolute Gasteiger partial charge is 0.129 e. The Morgan fingerprint density at radius 2 is 2.20 bits per heavy atom. The second kappa shape index (κ2) is 3.44. The van der Waals surface area contributed by atoms with E-state index in [-0.39, 0.29) is 0 Å². The Morgan fingerprint density at radius 1 is 1.40 bits per heavy atom. The van der Waals surface area contributed by atoms with Gasteiger partial charge in [-0.05, 0) is 11.6 Å². The van der Waals surface area contributed by atoms with Crippen LogP contribution in [0.3, 0.4) is 0 Å². The molecule has 0 unspecified atom stereocenters. The summed E-state index contributed by atoms with van der Waals surface area (Å²) < 4.78 is 0. The van der Waals surface area contributed by atoms with E-state index in [0.29, 0.717) is 10.6 Å². The largest absolute Gasteiger partial charge is 0.315 e. The Balaban J connectivity index is 1.56. The lowest BCUT2D eigenvalue weighted by Gasteiger charge is -2.56. The van der Waals surface area contributed by atoms with Gasteiger partial charge < -0.3 is 5.32 Å². The van der Waals surface area contributed by atoms with Crippen LogP contribution < -0.4 is 5.32 Å². The Labute approximate surface area is 94.4 Å². The average Bonchev–Trinajstić information content (AvgIpc) is 2.10. The monoisotopic (exact) mass is 223 g/mol. The summed E-state index contributed by atoms with van der Waals surface area (Å²) >= 11 is 5.74. The molecule has 4 heteroatoms. The molecule has 0 aromatic carbocycles. The summed E-state index contributed by atoms with van der Waals surface area (Å²) in [6, 6.07) is 3.91. The van der Waals surface area contributed by atoms with Crippen LogP contribution in [-0.4, -0.2) is 36.1 Å². The van der Waals surface area contributed by atoms with Crippen molar-refractivity contribution in [1.82, 2.24) is 15.2 Å². The van der Waals surface area contributed by atoms with Crippen molar-refractivity contribution in [3.05, 3.63) is 29.0 Å². The van der Waals surface area contributed by atoms with Gasteiger partial charge in [0.25, 0.3) is 0 Å². The molecule has 1 N–H and O–H groups in total. The molecule has 3 rings (SSSR count). The van der Waals surface area contributed by atoms with Gasteiger partial charge in [-0.25, -0.2) is 4.98 Å². The van der Waals surface area contributed by atoms with Crippen molar-refractivity contribution in [2.45, 2.75) is 6.54 Å². The van der Waals surface area contributed by atoms with Gasteiger partial charge in [0.05, 0.1) is 0 Å². The number of hydrogen-bond donors (Lipinski definition) is 1. The number of nitrogens with one attached hydrogen (secondary N) is 1. The molecule has 3 heterocycles. The Kier molecular flexibility index (Phi) is 2.20. The SMILES string of the molecule is Clc1ccc(CN2CC3(CNC3)C2)cn1. The summed E-state index contributed by atoms with van der Waals surface area (Å²) in [7, 11) is 0. The molecule has 0 bridgehead atoms. The van der Waals surface area contributed by atoms with E-state index in [9.17, 15) is 0 Å². The fraction of sp³-hybridized carbons (Fsp3) is 0.545. The zero-order chi connectivity index (χ0) is 10.3. The topological polar surface area (TPSA) is 28.2 Å². The molecule has 2 aliphatic heterocycles. The van der Waals surface area contributed by atoms with E-state index >= 15 is 0 Å². The van der Waals surface area contributed by atoms with Crippen LogP contribution in [0.4, 0.5) is 0 Å². The Morgan fingerprint density at radius 3 is 2.73 bits per heavy atom. The minimum atomic E-state index is 0.571. The highest BCUT2D eigenvalue weighted by molar-refractivity contribution is 6.29. The fourth-order valence-electron chi connectivity index (χ4n) is 2.47. The van der Waals surface area contributed by atoms with E-state index in [2.05, 4.69) is 21.3 Å². The number of rotatable bonds is 2. The van der Waals surface area contributed by atoms with Crippen molar-refractivity contribution in [3.8, 4) is 0 Å². The van der Waals surface area contributed by atoms with Crippen LogP contribution in [0.5, 0.6) is 0 Å². The first-order chi connectivity index (χ1) is 7.26. The minimum Gasteiger partial charge on any atom is -0.315 e. The molecule has 1 aromatic heterocycles. The number of hydrogen-bond acceptors (Lipinski definition) is 3. The number of aromatic nitrogens is 1. The molecule has 1 spiro atoms. The van der Waals surface area contributed by atoms with Crippen molar-refractivity contribution in [1.29, 1.82) is 0 Å². The minimum absolute atomic E-state index is 0.571. The lowest BCUT2D eigenvalue weighted by atomic mass is 9.74. The number of halogens is 1. The van der Waals surface area contributed by atoms with E-state index in [1.54, 1.807) is 0 Å². The molecule has 0 aliphatic carbocycles. The summed E-state index contributed by atoms with van der Waals surface area (Å²) in [5.41, 5.74) is 1.86. The van der Waals surface area contributed by atoms with E-state index in [0.717, 1.165) is 6.54 Å². The molecule has 15 heavy (non-hydrogen) atoms. The van der Waals surface area contributed by atoms with Crippen molar-refractivity contribution in [2.75, 3.05) is 26.2 Å². The summed E-state index contributed by atoms with van der Waals surface area (Å²) in [4.78, 5) is 6.55. The van der Waals surface area contributed by atoms with Gasteiger partial charge in [-0.1, -0.05) is 17.7 Å². The number of nitrogens with zero attached hydrogens (tertiary/aromatic N) is 2. The lowest BCUT2D eigenvalue weighted by Crippen LogP contribution is -2.70. The first kappa shape index (κ1) is 9.58. The van der Waals surface area contributed by atoms with Gasteiger partial charge in [0, 0.05) is 44.3 Å². The average molecular weight is 224 g/mol. The van der Waals surface area contributed by atoms with E-state index in [1.807, 2.05) is 12.3 Å². The van der Waals surface area contributed by atoms with Gasteiger partial charge in [0.1, 0.15) is 5.15 Å². The zero-order valence-electron chi connectivity index (χ0n) is 8.54. The third-order valence-electron chi connectivity index (χ3n) is 3.31. The van der Waals surface area contributed by atoms with Crippen LogP contribution in [0.15, 0.2) is 18.3 Å². The van der Waals surface area contributed by atoms with Crippen molar-refractivity contribution in [3.63, 3.8) is 0 Å². The van der Waals surface area contributed by atoms with E-state index < -0.39 is 0 Å². The molecule has 0 saturated carbocycles. The highest BCUT2D eigenvalue weighted by atomic mass is 35.5. The fourth-order valence-corrected chi connectivity index (χ4v) is 2.59. The van der Waals surface area contributed by atoms with Crippen LogP contribution in [-0.2, 0) is 6.54 Å². The first-order valence-corrected chi connectivity index (χ1v) is 5.67. The molecule has 0 radical (unpaired) electrons. The molecular formula is C11H14ClN3. The molecule has 2 fully saturated rings. The van der Waals surface area contributed by atoms with Gasteiger partial charge in [0.2, 0.25) is 0 Å². The van der Waals surface area contributed by atoms with Gasteiger partial charge >= 0.3 is 0 Å². The molecule has 1 aromatic rings. The molecule has 80 valence electrons. The summed E-state index contributed by atoms with van der Waals surface area (Å²) in [5.74, 6) is 0. The molecule has 2 saturated heterocycles. The molecule has 0 atom stereocenters. The zero-order valence-corrected chi connectivity index (χ0v) is 9.30. The van der Waals surface area contributed by atoms with Crippen LogP contribution >= 0.6 is 11.6 Å². The third kappa shape index (κ3) is 1.75. The molecule has 2 aliphatic rings. The highest BCUT2D eigenvalue weighted by Crippen LogP contribution is 2.34. The maximum Gasteiger partial charge on any atom is 0.129 e. The predicted molar refractivity (Wildman–Crippen MR) is 59.8 cm³/mol. The van der Waals surface area contributed by atoms with E-state index in [1.165, 1.54) is 31.7 Å². The second-order valence-electron chi connectivity index (χ2n) is 4.74. The quantitative estimate of drug-likeness (QED) is 0.763. The van der Waals surface area contributed by atoms with Crippen LogP contribution in [0.1, 0.15) is 5.56 Å². The van der Waals surface area contributed by atoms with Crippen LogP contribution in [0, 0.1) is 5.41 Å². The van der Waals surface area contributed by atoms with Crippen LogP contribution in [0.25, 0.3) is 0 Å². The summed E-state index contributed by atoms with van der Waals surface area (Å²) in [6.07, 6.45) is 1.87. The standard InChI is InChI=1S/C11H14ClN3/c12-10-2-1-9(3-14-10)4-15-7-11(8-15)5-13-6-11/h1-3,13H,4-8H2. The second-order valence-corrected chi connectivity index (χ2v) is 5.13. The van der Waals surface area contributed by atoms with Crippen LogP contribution in [0.2, 0.25) is 5.15 Å². The maximum atomic E-state index is 5.74. The predicted octanol–water partition coefficient (Wildman–Crippen LogP) is 1.14. The van der Waals surface area contributed by atoms with Crippen molar-refractivity contribution < 1.29 is 0 Å². The van der Waals surface area contributed by atoms with Gasteiger partial charge in [-0.15, -0.1) is 0 Å². The Bertz CT molecular complexity index is 351. The lowest BCUT2D eigenvalue weighted by molar-refractivity contribution is -0.0445. The van der Waals surface area contributed by atoms with Gasteiger partial charge in [-0.2, -0.15) is 0 Å². The summed E-state index contributed by atoms with van der Waals surface area (Å²) in [5, 5.41) is 3.91. The molecule has 0 amide bonds. The van der Waals surface area contributed by atoms with Crippen molar-refractivity contribution >= 4 is 11.6 Å². The molecular weight excluding hydrogens is 210 g/mol.